The van der Waals surface area contributed by atoms with Gasteiger partial charge in [0.2, 0.25) is 5.95 Å². The number of nitrogens with one attached hydrogen (secondary N) is 1. The summed E-state index contributed by atoms with van der Waals surface area (Å²) in [6, 6.07) is 0.445. The fraction of sp³-hybridized carbons (Fsp3) is 0.786. The van der Waals surface area contributed by atoms with Crippen molar-refractivity contribution >= 4 is 5.95 Å². The van der Waals surface area contributed by atoms with E-state index in [0.717, 1.165) is 12.5 Å². The quantitative estimate of drug-likeness (QED) is 0.656. The summed E-state index contributed by atoms with van der Waals surface area (Å²) in [5.41, 5.74) is 0. The molecule has 0 fully saturated rings. The van der Waals surface area contributed by atoms with Gasteiger partial charge < -0.3 is 9.88 Å². The Morgan fingerprint density at radius 3 is 2.59 bits per heavy atom. The van der Waals surface area contributed by atoms with Crippen LogP contribution in [0.5, 0.6) is 0 Å². The zero-order chi connectivity index (χ0) is 12.5. The fourth-order valence-corrected chi connectivity index (χ4v) is 1.95. The lowest BCUT2D eigenvalue weighted by Gasteiger charge is -2.12. The lowest BCUT2D eigenvalue weighted by atomic mass is 10.1. The molecule has 0 atom stereocenters. The minimum Gasteiger partial charge on any atom is -0.353 e. The summed E-state index contributed by atoms with van der Waals surface area (Å²) < 4.78 is 2.22. The summed E-state index contributed by atoms with van der Waals surface area (Å²) in [7, 11) is 0. The molecule has 0 aromatic carbocycles. The van der Waals surface area contributed by atoms with Gasteiger partial charge in [0.05, 0.1) is 0 Å². The van der Waals surface area contributed by atoms with Gasteiger partial charge in [0.25, 0.3) is 0 Å². The molecule has 0 aliphatic heterocycles. The Morgan fingerprint density at radius 1 is 1.18 bits per heavy atom. The highest BCUT2D eigenvalue weighted by Crippen LogP contribution is 2.10. The van der Waals surface area contributed by atoms with E-state index < -0.39 is 0 Å². The molecule has 0 amide bonds. The summed E-state index contributed by atoms with van der Waals surface area (Å²) in [4.78, 5) is 4.34. The van der Waals surface area contributed by atoms with E-state index in [-0.39, 0.29) is 0 Å². The Balaban J connectivity index is 2.20. The number of aromatic nitrogens is 2. The minimum absolute atomic E-state index is 0.445. The maximum atomic E-state index is 4.34. The highest BCUT2D eigenvalue weighted by molar-refractivity contribution is 5.26. The van der Waals surface area contributed by atoms with Crippen LogP contribution in [0.2, 0.25) is 0 Å². The molecule has 1 N–H and O–H groups in total. The van der Waals surface area contributed by atoms with E-state index in [1.54, 1.807) is 0 Å². The third-order valence-electron chi connectivity index (χ3n) is 2.89. The van der Waals surface area contributed by atoms with Gasteiger partial charge in [-0.05, 0) is 20.3 Å². The van der Waals surface area contributed by atoms with Crippen LogP contribution in [-0.2, 0) is 6.54 Å². The standard InChI is InChI=1S/C14H27N3/c1-4-5-6-7-8-9-11-17-12-10-15-14(17)16-13(2)3/h10,12-13H,4-9,11H2,1-3H3,(H,15,16). The smallest absolute Gasteiger partial charge is 0.202 e. The van der Waals surface area contributed by atoms with Crippen LogP contribution in [0, 0.1) is 0 Å². The molecule has 1 rings (SSSR count). The Kier molecular flexibility index (Phi) is 6.75. The van der Waals surface area contributed by atoms with E-state index in [9.17, 15) is 0 Å². The van der Waals surface area contributed by atoms with Crippen molar-refractivity contribution in [2.75, 3.05) is 5.32 Å². The summed E-state index contributed by atoms with van der Waals surface area (Å²) in [6.45, 7) is 7.63. The summed E-state index contributed by atoms with van der Waals surface area (Å²) in [5, 5.41) is 3.37. The summed E-state index contributed by atoms with van der Waals surface area (Å²) in [5.74, 6) is 1.01. The predicted molar refractivity (Wildman–Crippen MR) is 74.4 cm³/mol. The van der Waals surface area contributed by atoms with Gasteiger partial charge in [-0.25, -0.2) is 4.98 Å². The largest absolute Gasteiger partial charge is 0.353 e. The van der Waals surface area contributed by atoms with Gasteiger partial charge in [-0.2, -0.15) is 0 Å². The van der Waals surface area contributed by atoms with Crippen LogP contribution in [0.15, 0.2) is 12.4 Å². The highest BCUT2D eigenvalue weighted by Gasteiger charge is 2.02. The van der Waals surface area contributed by atoms with Crippen LogP contribution in [0.4, 0.5) is 5.95 Å². The molecule has 1 heterocycles. The van der Waals surface area contributed by atoms with Crippen molar-refractivity contribution in [3.05, 3.63) is 12.4 Å². The molecule has 0 bridgehead atoms. The first-order valence-corrected chi connectivity index (χ1v) is 7.01. The SMILES string of the molecule is CCCCCCCCn1ccnc1NC(C)C. The van der Waals surface area contributed by atoms with Crippen molar-refractivity contribution in [3.8, 4) is 0 Å². The molecule has 0 saturated heterocycles. The second kappa shape index (κ2) is 8.15. The van der Waals surface area contributed by atoms with Gasteiger partial charge in [-0.1, -0.05) is 39.0 Å². The monoisotopic (exact) mass is 237 g/mol. The van der Waals surface area contributed by atoms with Crippen molar-refractivity contribution in [3.63, 3.8) is 0 Å². The molecule has 0 aliphatic carbocycles. The molecular weight excluding hydrogens is 210 g/mol. The van der Waals surface area contributed by atoms with Crippen LogP contribution in [0.1, 0.15) is 59.3 Å². The minimum atomic E-state index is 0.445. The Morgan fingerprint density at radius 2 is 1.88 bits per heavy atom. The summed E-state index contributed by atoms with van der Waals surface area (Å²) >= 11 is 0. The van der Waals surface area contributed by atoms with Gasteiger partial charge in [-0.15, -0.1) is 0 Å². The van der Waals surface area contributed by atoms with Gasteiger partial charge in [-0.3, -0.25) is 0 Å². The maximum Gasteiger partial charge on any atom is 0.202 e. The van der Waals surface area contributed by atoms with E-state index in [0.29, 0.717) is 6.04 Å². The van der Waals surface area contributed by atoms with Crippen molar-refractivity contribution < 1.29 is 0 Å². The lowest BCUT2D eigenvalue weighted by Crippen LogP contribution is -2.14. The van der Waals surface area contributed by atoms with Gasteiger partial charge in [0, 0.05) is 25.0 Å². The van der Waals surface area contributed by atoms with Crippen molar-refractivity contribution in [2.24, 2.45) is 0 Å². The van der Waals surface area contributed by atoms with Gasteiger partial charge in [0.15, 0.2) is 0 Å². The molecule has 0 spiro atoms. The molecular formula is C14H27N3. The number of hydrogen-bond donors (Lipinski definition) is 1. The zero-order valence-electron chi connectivity index (χ0n) is 11.6. The van der Waals surface area contributed by atoms with Gasteiger partial charge in [0.1, 0.15) is 0 Å². The molecule has 0 unspecified atom stereocenters. The van der Waals surface area contributed by atoms with E-state index >= 15 is 0 Å². The highest BCUT2D eigenvalue weighted by atomic mass is 15.2. The molecule has 3 nitrogen and oxygen atoms in total. The fourth-order valence-electron chi connectivity index (χ4n) is 1.95. The number of anilines is 1. The van der Waals surface area contributed by atoms with Crippen molar-refractivity contribution in [2.45, 2.75) is 71.9 Å². The van der Waals surface area contributed by atoms with Crippen molar-refractivity contribution in [1.29, 1.82) is 0 Å². The molecule has 1 aromatic heterocycles. The first-order valence-electron chi connectivity index (χ1n) is 7.01. The number of nitrogens with zero attached hydrogens (tertiary/aromatic N) is 2. The lowest BCUT2D eigenvalue weighted by molar-refractivity contribution is 0.559. The molecule has 0 radical (unpaired) electrons. The second-order valence-electron chi connectivity index (χ2n) is 5.01. The first-order chi connectivity index (χ1) is 8.24. The van der Waals surface area contributed by atoms with E-state index in [2.05, 4.69) is 41.8 Å². The molecule has 98 valence electrons. The van der Waals surface area contributed by atoms with E-state index in [1.807, 2.05) is 6.20 Å². The normalized spacial score (nSPS) is 11.1. The van der Waals surface area contributed by atoms with E-state index in [1.165, 1.54) is 38.5 Å². The topological polar surface area (TPSA) is 29.9 Å². The molecule has 0 aliphatic rings. The zero-order valence-corrected chi connectivity index (χ0v) is 11.6. The molecule has 3 heteroatoms. The van der Waals surface area contributed by atoms with Crippen LogP contribution >= 0.6 is 0 Å². The average Bonchev–Trinajstić information content (AvgIpc) is 2.70. The average molecular weight is 237 g/mol. The van der Waals surface area contributed by atoms with Gasteiger partial charge >= 0.3 is 0 Å². The van der Waals surface area contributed by atoms with E-state index in [4.69, 9.17) is 0 Å². The third kappa shape index (κ3) is 5.76. The maximum absolute atomic E-state index is 4.34. The molecule has 1 aromatic rings. The van der Waals surface area contributed by atoms with Crippen LogP contribution in [0.25, 0.3) is 0 Å². The number of unbranched alkanes of at least 4 members (excludes halogenated alkanes) is 5. The van der Waals surface area contributed by atoms with Crippen LogP contribution in [-0.4, -0.2) is 15.6 Å². The first kappa shape index (κ1) is 14.1. The van der Waals surface area contributed by atoms with Crippen molar-refractivity contribution in [1.82, 2.24) is 9.55 Å². The van der Waals surface area contributed by atoms with Crippen LogP contribution in [0.3, 0.4) is 0 Å². The number of rotatable bonds is 9. The number of aryl methyl sites for hydroxylation is 1. The predicted octanol–water partition coefficient (Wildman–Crippen LogP) is 4.06. The van der Waals surface area contributed by atoms with Crippen LogP contribution < -0.4 is 5.32 Å². The Labute approximate surface area is 106 Å². The third-order valence-corrected chi connectivity index (χ3v) is 2.89. The number of imidazole rings is 1. The Hall–Kier alpha value is -0.990. The summed E-state index contributed by atoms with van der Waals surface area (Å²) in [6.07, 6.45) is 12.0. The molecule has 17 heavy (non-hydrogen) atoms. The second-order valence-corrected chi connectivity index (χ2v) is 5.01. The Bertz CT molecular complexity index is 291. The molecule has 0 saturated carbocycles. The number of hydrogen-bond acceptors (Lipinski definition) is 2.